The van der Waals surface area contributed by atoms with E-state index in [-0.39, 0.29) is 17.3 Å². The molecular formula is C23H19ClF3N5O2. The summed E-state index contributed by atoms with van der Waals surface area (Å²) in [7, 11) is 0. The highest BCUT2D eigenvalue weighted by Gasteiger charge is 2.31. The first-order valence-electron chi connectivity index (χ1n) is 10.6. The lowest BCUT2D eigenvalue weighted by atomic mass is 10.1. The van der Waals surface area contributed by atoms with Crippen molar-refractivity contribution in [2.45, 2.75) is 12.7 Å². The quantitative estimate of drug-likeness (QED) is 0.443. The molecule has 5 rings (SSSR count). The molecule has 0 atom stereocenters. The van der Waals surface area contributed by atoms with Crippen molar-refractivity contribution in [2.24, 2.45) is 0 Å². The summed E-state index contributed by atoms with van der Waals surface area (Å²) < 4.78 is 44.1. The van der Waals surface area contributed by atoms with Gasteiger partial charge in [0.15, 0.2) is 0 Å². The molecular weight excluding hydrogens is 471 g/mol. The predicted octanol–water partition coefficient (Wildman–Crippen LogP) is 4.85. The molecule has 0 unspecified atom stereocenters. The molecule has 11 heteroatoms. The Kier molecular flexibility index (Phi) is 5.78. The van der Waals surface area contributed by atoms with Crippen molar-refractivity contribution < 1.29 is 22.5 Å². The Morgan fingerprint density at radius 1 is 1.09 bits per heavy atom. The first-order valence-corrected chi connectivity index (χ1v) is 10.9. The van der Waals surface area contributed by atoms with Crippen LogP contribution in [0.3, 0.4) is 0 Å². The summed E-state index contributed by atoms with van der Waals surface area (Å²) in [6.45, 7) is 2.57. The number of hydrogen-bond acceptors (Lipinski definition) is 5. The molecule has 1 saturated heterocycles. The number of rotatable bonds is 4. The van der Waals surface area contributed by atoms with Crippen molar-refractivity contribution >= 4 is 28.4 Å². The van der Waals surface area contributed by atoms with Gasteiger partial charge in [0.2, 0.25) is 11.7 Å². The van der Waals surface area contributed by atoms with E-state index in [1.807, 2.05) is 12.1 Å². The Balaban J connectivity index is 1.20. The number of hydrogen-bond donors (Lipinski definition) is 1. The number of aromatic nitrogens is 3. The van der Waals surface area contributed by atoms with E-state index < -0.39 is 11.7 Å². The molecule has 0 bridgehead atoms. The molecule has 1 N–H and O–H groups in total. The normalized spacial score (nSPS) is 15.2. The highest BCUT2D eigenvalue weighted by Crippen LogP contribution is 2.31. The molecule has 1 aliphatic rings. The minimum absolute atomic E-state index is 0.0865. The Morgan fingerprint density at radius 2 is 1.88 bits per heavy atom. The fraction of sp³-hybridized carbons (Fsp3) is 0.261. The van der Waals surface area contributed by atoms with Crippen LogP contribution < -0.4 is 0 Å². The maximum atomic E-state index is 13.0. The summed E-state index contributed by atoms with van der Waals surface area (Å²) in [5.41, 5.74) is 0.783. The number of benzene rings is 2. The number of carbonyl (C=O) groups is 1. The van der Waals surface area contributed by atoms with Gasteiger partial charge in [-0.25, -0.2) is 0 Å². The third kappa shape index (κ3) is 4.64. The van der Waals surface area contributed by atoms with Crippen LogP contribution in [0, 0.1) is 0 Å². The molecule has 0 aliphatic carbocycles. The zero-order chi connectivity index (χ0) is 23.9. The van der Waals surface area contributed by atoms with Crippen LogP contribution in [0.4, 0.5) is 13.2 Å². The van der Waals surface area contributed by atoms with E-state index in [9.17, 15) is 18.0 Å². The van der Waals surface area contributed by atoms with Gasteiger partial charge in [-0.1, -0.05) is 35.0 Å². The minimum atomic E-state index is -4.44. The van der Waals surface area contributed by atoms with Crippen molar-refractivity contribution in [1.29, 1.82) is 0 Å². The van der Waals surface area contributed by atoms with E-state index in [1.165, 1.54) is 12.1 Å². The SMILES string of the molecule is O=C(c1cc2ccc(Cl)cc2[nH]1)N1CCN(Cc2nc(-c3cccc(C(F)(F)F)c3)no2)CC1. The number of nitrogens with one attached hydrogen (secondary N) is 1. The van der Waals surface area contributed by atoms with E-state index in [1.54, 1.807) is 17.0 Å². The molecule has 3 heterocycles. The van der Waals surface area contributed by atoms with Gasteiger partial charge in [0.25, 0.3) is 5.91 Å². The van der Waals surface area contributed by atoms with Gasteiger partial charge in [0.05, 0.1) is 12.1 Å². The Morgan fingerprint density at radius 3 is 2.65 bits per heavy atom. The smallest absolute Gasteiger partial charge is 0.350 e. The topological polar surface area (TPSA) is 78.3 Å². The third-order valence-electron chi connectivity index (χ3n) is 5.75. The fourth-order valence-corrected chi connectivity index (χ4v) is 4.13. The first-order chi connectivity index (χ1) is 16.3. The molecule has 1 amide bonds. The van der Waals surface area contributed by atoms with Crippen molar-refractivity contribution in [3.63, 3.8) is 0 Å². The second kappa shape index (κ2) is 8.77. The second-order valence-corrected chi connectivity index (χ2v) is 8.51. The monoisotopic (exact) mass is 489 g/mol. The Hall–Kier alpha value is -3.37. The molecule has 4 aromatic rings. The maximum Gasteiger partial charge on any atom is 0.416 e. The van der Waals surface area contributed by atoms with E-state index in [4.69, 9.17) is 16.1 Å². The van der Waals surface area contributed by atoms with Gasteiger partial charge in [0.1, 0.15) is 5.69 Å². The average Bonchev–Trinajstić information content (AvgIpc) is 3.45. The van der Waals surface area contributed by atoms with Crippen LogP contribution in [0.2, 0.25) is 5.02 Å². The van der Waals surface area contributed by atoms with Gasteiger partial charge >= 0.3 is 6.18 Å². The molecule has 2 aromatic heterocycles. The number of halogens is 4. The van der Waals surface area contributed by atoms with Crippen molar-refractivity contribution in [3.8, 4) is 11.4 Å². The third-order valence-corrected chi connectivity index (χ3v) is 5.98. The number of alkyl halides is 3. The minimum Gasteiger partial charge on any atom is -0.350 e. The van der Waals surface area contributed by atoms with Crippen LogP contribution in [0.5, 0.6) is 0 Å². The van der Waals surface area contributed by atoms with E-state index in [2.05, 4.69) is 20.0 Å². The number of nitrogens with zero attached hydrogens (tertiary/aromatic N) is 4. The fourth-order valence-electron chi connectivity index (χ4n) is 3.96. The van der Waals surface area contributed by atoms with Crippen LogP contribution in [0.25, 0.3) is 22.3 Å². The Labute approximate surface area is 197 Å². The molecule has 1 aliphatic heterocycles. The van der Waals surface area contributed by atoms with Crippen LogP contribution in [0.15, 0.2) is 53.1 Å². The van der Waals surface area contributed by atoms with Gasteiger partial charge < -0.3 is 14.4 Å². The zero-order valence-corrected chi connectivity index (χ0v) is 18.5. The molecule has 2 aromatic carbocycles. The lowest BCUT2D eigenvalue weighted by Crippen LogP contribution is -2.48. The van der Waals surface area contributed by atoms with Crippen LogP contribution in [-0.2, 0) is 12.7 Å². The van der Waals surface area contributed by atoms with Gasteiger partial charge in [0, 0.05) is 47.7 Å². The number of carbonyl (C=O) groups excluding carboxylic acids is 1. The number of amides is 1. The number of fused-ring (bicyclic) bond motifs is 1. The summed E-state index contributed by atoms with van der Waals surface area (Å²) in [4.78, 5) is 24.1. The second-order valence-electron chi connectivity index (χ2n) is 8.07. The van der Waals surface area contributed by atoms with Crippen molar-refractivity contribution in [2.75, 3.05) is 26.2 Å². The van der Waals surface area contributed by atoms with Crippen LogP contribution in [0.1, 0.15) is 21.9 Å². The summed E-state index contributed by atoms with van der Waals surface area (Å²) in [6.07, 6.45) is -4.44. The molecule has 34 heavy (non-hydrogen) atoms. The number of aromatic amines is 1. The highest BCUT2D eigenvalue weighted by atomic mass is 35.5. The molecule has 1 fully saturated rings. The van der Waals surface area contributed by atoms with E-state index >= 15 is 0 Å². The summed E-state index contributed by atoms with van der Waals surface area (Å²) in [5, 5.41) is 5.34. The zero-order valence-electron chi connectivity index (χ0n) is 17.8. The molecule has 176 valence electrons. The molecule has 7 nitrogen and oxygen atoms in total. The first kappa shape index (κ1) is 22.4. The van der Waals surface area contributed by atoms with E-state index in [0.29, 0.717) is 49.3 Å². The maximum absolute atomic E-state index is 13.0. The van der Waals surface area contributed by atoms with Crippen molar-refractivity contribution in [1.82, 2.24) is 24.9 Å². The van der Waals surface area contributed by atoms with Gasteiger partial charge in [-0.2, -0.15) is 18.2 Å². The number of H-pyrrole nitrogens is 1. The standard InChI is InChI=1S/C23H19ClF3N5O2/c24-17-5-4-14-11-19(28-18(14)12-17)22(33)32-8-6-31(7-9-32)13-20-29-21(30-34-20)15-2-1-3-16(10-15)23(25,26)27/h1-5,10-12,28H,6-9,13H2. The van der Waals surface area contributed by atoms with E-state index in [0.717, 1.165) is 23.0 Å². The predicted molar refractivity (Wildman–Crippen MR) is 119 cm³/mol. The average molecular weight is 490 g/mol. The lowest BCUT2D eigenvalue weighted by Gasteiger charge is -2.33. The van der Waals surface area contributed by atoms with Gasteiger partial charge in [-0.05, 0) is 30.3 Å². The molecule has 0 spiro atoms. The van der Waals surface area contributed by atoms with Crippen LogP contribution in [-0.4, -0.2) is 57.0 Å². The van der Waals surface area contributed by atoms with Gasteiger partial charge in [-0.3, -0.25) is 9.69 Å². The molecule has 0 radical (unpaired) electrons. The largest absolute Gasteiger partial charge is 0.416 e. The Bertz CT molecular complexity index is 1340. The van der Waals surface area contributed by atoms with Crippen molar-refractivity contribution in [3.05, 3.63) is 70.7 Å². The molecule has 0 saturated carbocycles. The number of piperazine rings is 1. The van der Waals surface area contributed by atoms with Gasteiger partial charge in [-0.15, -0.1) is 0 Å². The summed E-state index contributed by atoms with van der Waals surface area (Å²) in [6, 6.07) is 12.0. The highest BCUT2D eigenvalue weighted by molar-refractivity contribution is 6.31. The summed E-state index contributed by atoms with van der Waals surface area (Å²) >= 11 is 6.02. The van der Waals surface area contributed by atoms with Crippen LogP contribution >= 0.6 is 11.6 Å². The lowest BCUT2D eigenvalue weighted by molar-refractivity contribution is -0.137. The summed E-state index contributed by atoms with van der Waals surface area (Å²) in [5.74, 6) is 0.324.